The second-order valence-electron chi connectivity index (χ2n) is 5.06. The molecule has 1 fully saturated rings. The highest BCUT2D eigenvalue weighted by Crippen LogP contribution is 2.25. The molecule has 0 radical (unpaired) electrons. The molecule has 2 unspecified atom stereocenters. The van der Waals surface area contributed by atoms with Crippen LogP contribution in [0.2, 0.25) is 0 Å². The number of hydrogen-bond acceptors (Lipinski definition) is 5. The van der Waals surface area contributed by atoms with Crippen LogP contribution in [0.5, 0.6) is 0 Å². The number of carbonyl (C=O) groups is 2. The molecule has 6 heteroatoms. The van der Waals surface area contributed by atoms with Crippen molar-refractivity contribution in [1.29, 1.82) is 0 Å². The van der Waals surface area contributed by atoms with Gasteiger partial charge in [0, 0.05) is 23.5 Å². The smallest absolute Gasteiger partial charge is 0.238 e. The monoisotopic (exact) mass is 290 g/mol. The number of nitrogens with one attached hydrogen (secondary N) is 2. The summed E-state index contributed by atoms with van der Waals surface area (Å²) in [6, 6.07) is -0.318. The lowest BCUT2D eigenvalue weighted by molar-refractivity contribution is -0.129. The average molecular weight is 290 g/mol. The van der Waals surface area contributed by atoms with Crippen molar-refractivity contribution in [3.05, 3.63) is 0 Å². The van der Waals surface area contributed by atoms with E-state index >= 15 is 0 Å². The van der Waals surface area contributed by atoms with E-state index in [4.69, 9.17) is 0 Å². The highest BCUT2D eigenvalue weighted by atomic mass is 33.1. The fourth-order valence-electron chi connectivity index (χ4n) is 1.70. The molecule has 1 amide bonds. The van der Waals surface area contributed by atoms with Crippen molar-refractivity contribution < 1.29 is 9.59 Å². The van der Waals surface area contributed by atoms with Gasteiger partial charge in [-0.3, -0.25) is 9.59 Å². The number of rotatable bonds is 4. The second-order valence-corrected chi connectivity index (χ2v) is 7.61. The van der Waals surface area contributed by atoms with Crippen LogP contribution < -0.4 is 10.6 Å². The average Bonchev–Trinajstić information content (AvgIpc) is 2.27. The SMILES string of the molecule is CC(C)NC1CSSCC(C(=O)C(C)C)NC1=O. The Morgan fingerprint density at radius 3 is 2.44 bits per heavy atom. The lowest BCUT2D eigenvalue weighted by Crippen LogP contribution is -2.54. The minimum Gasteiger partial charge on any atom is -0.344 e. The molecule has 104 valence electrons. The van der Waals surface area contributed by atoms with Crippen molar-refractivity contribution in [3.8, 4) is 0 Å². The van der Waals surface area contributed by atoms with Crippen LogP contribution in [0, 0.1) is 5.92 Å². The van der Waals surface area contributed by atoms with E-state index < -0.39 is 0 Å². The van der Waals surface area contributed by atoms with Gasteiger partial charge in [0.05, 0.1) is 12.1 Å². The molecule has 1 saturated heterocycles. The van der Waals surface area contributed by atoms with Gasteiger partial charge in [-0.25, -0.2) is 0 Å². The van der Waals surface area contributed by atoms with Crippen LogP contribution in [0.15, 0.2) is 0 Å². The van der Waals surface area contributed by atoms with Crippen LogP contribution in [-0.2, 0) is 9.59 Å². The maximum Gasteiger partial charge on any atom is 0.238 e. The third-order valence-corrected chi connectivity index (χ3v) is 5.05. The van der Waals surface area contributed by atoms with E-state index in [-0.39, 0.29) is 35.7 Å². The highest BCUT2D eigenvalue weighted by molar-refractivity contribution is 8.76. The molecule has 1 rings (SSSR count). The Morgan fingerprint density at radius 2 is 1.89 bits per heavy atom. The van der Waals surface area contributed by atoms with Crippen LogP contribution in [-0.4, -0.2) is 41.3 Å². The van der Waals surface area contributed by atoms with Crippen molar-refractivity contribution in [1.82, 2.24) is 10.6 Å². The Kier molecular flexibility index (Phi) is 6.52. The van der Waals surface area contributed by atoms with E-state index in [1.54, 1.807) is 21.6 Å². The van der Waals surface area contributed by atoms with Gasteiger partial charge in [-0.2, -0.15) is 0 Å². The second kappa shape index (κ2) is 7.40. The first kappa shape index (κ1) is 15.9. The van der Waals surface area contributed by atoms with Gasteiger partial charge in [0.15, 0.2) is 5.78 Å². The number of ketones is 1. The van der Waals surface area contributed by atoms with Crippen LogP contribution in [0.1, 0.15) is 27.7 Å². The van der Waals surface area contributed by atoms with Crippen LogP contribution in [0.4, 0.5) is 0 Å². The van der Waals surface area contributed by atoms with Gasteiger partial charge in [-0.05, 0) is 0 Å². The first-order valence-electron chi connectivity index (χ1n) is 6.26. The summed E-state index contributed by atoms with van der Waals surface area (Å²) >= 11 is 0. The fourth-order valence-corrected chi connectivity index (χ4v) is 4.06. The normalized spacial score (nSPS) is 25.8. The molecule has 18 heavy (non-hydrogen) atoms. The number of carbonyl (C=O) groups excluding carboxylic acids is 2. The zero-order valence-corrected chi connectivity index (χ0v) is 13.0. The quantitative estimate of drug-likeness (QED) is 0.768. The molecule has 0 aromatic carbocycles. The number of Topliss-reactive ketones (excluding diaryl/α,β-unsaturated/α-hetero) is 1. The molecule has 4 nitrogen and oxygen atoms in total. The third kappa shape index (κ3) is 4.82. The summed E-state index contributed by atoms with van der Waals surface area (Å²) in [5, 5.41) is 6.10. The van der Waals surface area contributed by atoms with Gasteiger partial charge < -0.3 is 10.6 Å². The predicted molar refractivity (Wildman–Crippen MR) is 78.8 cm³/mol. The highest BCUT2D eigenvalue weighted by Gasteiger charge is 2.29. The van der Waals surface area contributed by atoms with E-state index in [9.17, 15) is 9.59 Å². The van der Waals surface area contributed by atoms with Gasteiger partial charge in [-0.15, -0.1) is 0 Å². The lowest BCUT2D eigenvalue weighted by Gasteiger charge is -2.27. The Hall–Kier alpha value is -0.200. The van der Waals surface area contributed by atoms with E-state index in [1.807, 2.05) is 27.7 Å². The van der Waals surface area contributed by atoms with E-state index in [1.165, 1.54) is 0 Å². The molecule has 0 bridgehead atoms. The third-order valence-electron chi connectivity index (χ3n) is 2.63. The predicted octanol–water partition coefficient (Wildman–Crippen LogP) is 1.46. The summed E-state index contributed by atoms with van der Waals surface area (Å²) < 4.78 is 0. The minimum atomic E-state index is -0.355. The van der Waals surface area contributed by atoms with Crippen molar-refractivity contribution >= 4 is 33.3 Å². The zero-order valence-electron chi connectivity index (χ0n) is 11.4. The zero-order chi connectivity index (χ0) is 13.7. The van der Waals surface area contributed by atoms with Crippen molar-refractivity contribution in [2.75, 3.05) is 11.5 Å². The van der Waals surface area contributed by atoms with Crippen LogP contribution >= 0.6 is 21.6 Å². The number of amides is 1. The van der Waals surface area contributed by atoms with Crippen molar-refractivity contribution in [2.45, 2.75) is 45.8 Å². The summed E-state index contributed by atoms with van der Waals surface area (Å²) in [5.74, 6) is 1.40. The molecule has 1 heterocycles. The topological polar surface area (TPSA) is 58.2 Å². The molecule has 2 N–H and O–H groups in total. The molecule has 0 aliphatic carbocycles. The molecular weight excluding hydrogens is 268 g/mol. The lowest BCUT2D eigenvalue weighted by atomic mass is 10.0. The van der Waals surface area contributed by atoms with Crippen LogP contribution in [0.3, 0.4) is 0 Å². The fraction of sp³-hybridized carbons (Fsp3) is 0.833. The Labute approximate surface area is 117 Å². The molecule has 1 aliphatic rings. The first-order valence-corrected chi connectivity index (χ1v) is 8.75. The largest absolute Gasteiger partial charge is 0.344 e. The van der Waals surface area contributed by atoms with Gasteiger partial charge in [0.2, 0.25) is 5.91 Å². The van der Waals surface area contributed by atoms with E-state index in [0.29, 0.717) is 5.75 Å². The van der Waals surface area contributed by atoms with Gasteiger partial charge >= 0.3 is 0 Å². The Bertz CT molecular complexity index is 308. The van der Waals surface area contributed by atoms with Crippen LogP contribution in [0.25, 0.3) is 0 Å². The molecular formula is C12H22N2O2S2. The molecule has 0 aromatic heterocycles. The molecule has 0 aromatic rings. The molecule has 0 spiro atoms. The first-order chi connectivity index (χ1) is 8.41. The summed E-state index contributed by atoms with van der Waals surface area (Å²) in [5.41, 5.74) is 0. The Balaban J connectivity index is 2.66. The van der Waals surface area contributed by atoms with Gasteiger partial charge in [0.1, 0.15) is 0 Å². The number of hydrogen-bond donors (Lipinski definition) is 2. The summed E-state index contributed by atoms with van der Waals surface area (Å²) in [4.78, 5) is 24.1. The van der Waals surface area contributed by atoms with E-state index in [2.05, 4.69) is 10.6 Å². The summed E-state index contributed by atoms with van der Waals surface area (Å²) in [7, 11) is 3.31. The summed E-state index contributed by atoms with van der Waals surface area (Å²) in [6.07, 6.45) is 0. The standard InChI is InChI=1S/C12H22N2O2S2/c1-7(2)11(15)9-5-17-18-6-10(12(16)14-9)13-8(3)4/h7-10,13H,5-6H2,1-4H3,(H,14,16). The molecule has 2 atom stereocenters. The molecule has 0 saturated carbocycles. The minimum absolute atomic E-state index is 0.0446. The van der Waals surface area contributed by atoms with Gasteiger partial charge in [0.25, 0.3) is 0 Å². The van der Waals surface area contributed by atoms with Crippen molar-refractivity contribution in [3.63, 3.8) is 0 Å². The maximum atomic E-state index is 12.1. The maximum absolute atomic E-state index is 12.1. The molecule has 1 aliphatic heterocycles. The van der Waals surface area contributed by atoms with Crippen molar-refractivity contribution in [2.24, 2.45) is 5.92 Å². The van der Waals surface area contributed by atoms with E-state index in [0.717, 1.165) is 5.75 Å². The summed E-state index contributed by atoms with van der Waals surface area (Å²) in [6.45, 7) is 7.77. The Morgan fingerprint density at radius 1 is 1.28 bits per heavy atom. The van der Waals surface area contributed by atoms with Gasteiger partial charge in [-0.1, -0.05) is 49.3 Å².